The molecule has 0 aromatic rings. The van der Waals surface area contributed by atoms with Gasteiger partial charge in [0.25, 0.3) is 0 Å². The molecule has 2 nitrogen and oxygen atoms in total. The van der Waals surface area contributed by atoms with Crippen LogP contribution in [0, 0.1) is 0 Å². The van der Waals surface area contributed by atoms with Gasteiger partial charge in [-0.1, -0.05) is 19.9 Å². The van der Waals surface area contributed by atoms with Gasteiger partial charge in [-0.05, 0) is 45.2 Å². The average molecular weight is 210 g/mol. The summed E-state index contributed by atoms with van der Waals surface area (Å²) in [6.45, 7) is 10.8. The lowest BCUT2D eigenvalue weighted by atomic mass is 9.81. The van der Waals surface area contributed by atoms with Gasteiger partial charge in [-0.2, -0.15) is 0 Å². The van der Waals surface area contributed by atoms with Crippen LogP contribution in [0.5, 0.6) is 0 Å². The van der Waals surface area contributed by atoms with Crippen LogP contribution in [0.4, 0.5) is 0 Å². The molecule has 2 N–H and O–H groups in total. The van der Waals surface area contributed by atoms with Crippen LogP contribution in [0.2, 0.25) is 0 Å². The first-order valence-corrected chi connectivity index (χ1v) is 6.32. The van der Waals surface area contributed by atoms with E-state index in [4.69, 9.17) is 5.73 Å². The van der Waals surface area contributed by atoms with E-state index in [1.807, 2.05) is 6.08 Å². The molecule has 1 saturated heterocycles. The van der Waals surface area contributed by atoms with Crippen molar-refractivity contribution in [1.29, 1.82) is 0 Å². The fourth-order valence-corrected chi connectivity index (χ4v) is 3.02. The molecule has 1 fully saturated rings. The number of nitrogens with two attached hydrogens (primary N) is 1. The van der Waals surface area contributed by atoms with Gasteiger partial charge in [0.15, 0.2) is 0 Å². The Labute approximate surface area is 94.5 Å². The minimum absolute atomic E-state index is 0.213. The molecule has 0 aromatic heterocycles. The molecule has 0 spiro atoms. The van der Waals surface area contributed by atoms with Crippen LogP contribution in [0.3, 0.4) is 0 Å². The van der Waals surface area contributed by atoms with Crippen molar-refractivity contribution in [2.75, 3.05) is 13.1 Å². The second-order valence-corrected chi connectivity index (χ2v) is 4.64. The maximum atomic E-state index is 6.35. The van der Waals surface area contributed by atoms with Crippen molar-refractivity contribution < 1.29 is 0 Å². The van der Waals surface area contributed by atoms with Crippen molar-refractivity contribution in [2.24, 2.45) is 5.73 Å². The Morgan fingerprint density at radius 2 is 1.87 bits per heavy atom. The zero-order chi connectivity index (χ0) is 11.3. The molecule has 1 heterocycles. The predicted molar refractivity (Wildman–Crippen MR) is 66.9 cm³/mol. The molecule has 88 valence electrons. The van der Waals surface area contributed by atoms with E-state index < -0.39 is 0 Å². The molecule has 0 bridgehead atoms. The van der Waals surface area contributed by atoms with Crippen molar-refractivity contribution in [3.8, 4) is 0 Å². The van der Waals surface area contributed by atoms with E-state index in [0.29, 0.717) is 0 Å². The number of likely N-dealkylation sites (tertiary alicyclic amines) is 1. The molecule has 0 saturated carbocycles. The van der Waals surface area contributed by atoms with Crippen LogP contribution in [0.25, 0.3) is 0 Å². The Morgan fingerprint density at radius 3 is 2.27 bits per heavy atom. The summed E-state index contributed by atoms with van der Waals surface area (Å²) in [6.07, 6.45) is 7.86. The Bertz CT molecular complexity index is 191. The molecule has 2 heteroatoms. The summed E-state index contributed by atoms with van der Waals surface area (Å²) < 4.78 is 0. The topological polar surface area (TPSA) is 29.3 Å². The van der Waals surface area contributed by atoms with Gasteiger partial charge in [0, 0.05) is 11.6 Å². The normalized spacial score (nSPS) is 20.5. The maximum Gasteiger partial charge on any atom is 0.0358 e. The number of hydrogen-bond acceptors (Lipinski definition) is 2. The van der Waals surface area contributed by atoms with E-state index in [2.05, 4.69) is 25.3 Å². The van der Waals surface area contributed by atoms with Crippen LogP contribution in [0.15, 0.2) is 12.7 Å². The molecular formula is C13H26N2. The van der Waals surface area contributed by atoms with Crippen LogP contribution >= 0.6 is 0 Å². The van der Waals surface area contributed by atoms with Crippen molar-refractivity contribution in [3.05, 3.63) is 12.7 Å². The van der Waals surface area contributed by atoms with Gasteiger partial charge in [0.2, 0.25) is 0 Å². The highest BCUT2D eigenvalue weighted by Gasteiger charge is 2.39. The third kappa shape index (κ3) is 2.43. The quantitative estimate of drug-likeness (QED) is 0.683. The average Bonchev–Trinajstić information content (AvgIpc) is 2.75. The summed E-state index contributed by atoms with van der Waals surface area (Å²) >= 11 is 0. The zero-order valence-corrected chi connectivity index (χ0v) is 10.3. The summed E-state index contributed by atoms with van der Waals surface area (Å²) in [5, 5.41) is 0. The smallest absolute Gasteiger partial charge is 0.0358 e. The monoisotopic (exact) mass is 210 g/mol. The van der Waals surface area contributed by atoms with Gasteiger partial charge in [0.05, 0.1) is 0 Å². The fraction of sp³-hybridized carbons (Fsp3) is 0.846. The van der Waals surface area contributed by atoms with Gasteiger partial charge >= 0.3 is 0 Å². The summed E-state index contributed by atoms with van der Waals surface area (Å²) in [6, 6.07) is 0.239. The number of nitrogens with zero attached hydrogens (tertiary/aromatic N) is 1. The van der Waals surface area contributed by atoms with Crippen LogP contribution < -0.4 is 5.73 Å². The Balaban J connectivity index is 2.78. The molecule has 1 unspecified atom stereocenters. The molecule has 1 aliphatic heterocycles. The van der Waals surface area contributed by atoms with Gasteiger partial charge in [-0.15, -0.1) is 6.58 Å². The Kier molecular flexibility index (Phi) is 4.81. The fourth-order valence-electron chi connectivity index (χ4n) is 3.02. The second-order valence-electron chi connectivity index (χ2n) is 4.64. The lowest BCUT2D eigenvalue weighted by molar-refractivity contribution is 0.0778. The Morgan fingerprint density at radius 1 is 1.33 bits per heavy atom. The second kappa shape index (κ2) is 5.66. The van der Waals surface area contributed by atoms with E-state index in [-0.39, 0.29) is 11.6 Å². The standard InChI is InChI=1S/C13H26N2/c1-4-9-12(14)13(5-2,6-3)15-10-7-8-11-15/h4,12H,1,5-11,14H2,2-3H3. The first-order chi connectivity index (χ1) is 7.21. The molecule has 0 radical (unpaired) electrons. The molecule has 0 amide bonds. The third-order valence-electron chi connectivity index (χ3n) is 4.07. The van der Waals surface area contributed by atoms with Crippen LogP contribution in [-0.4, -0.2) is 29.6 Å². The maximum absolute atomic E-state index is 6.35. The first kappa shape index (κ1) is 12.7. The largest absolute Gasteiger partial charge is 0.326 e. The lowest BCUT2D eigenvalue weighted by Crippen LogP contribution is -2.58. The highest BCUT2D eigenvalue weighted by molar-refractivity contribution is 5.00. The Hall–Kier alpha value is -0.340. The van der Waals surface area contributed by atoms with Crippen molar-refractivity contribution in [1.82, 2.24) is 4.90 Å². The molecule has 15 heavy (non-hydrogen) atoms. The zero-order valence-electron chi connectivity index (χ0n) is 10.3. The van der Waals surface area contributed by atoms with Crippen molar-refractivity contribution >= 4 is 0 Å². The van der Waals surface area contributed by atoms with Crippen LogP contribution in [0.1, 0.15) is 46.0 Å². The summed E-state index contributed by atoms with van der Waals surface area (Å²) in [5.74, 6) is 0. The minimum Gasteiger partial charge on any atom is -0.326 e. The van der Waals surface area contributed by atoms with Crippen molar-refractivity contribution in [3.63, 3.8) is 0 Å². The summed E-state index contributed by atoms with van der Waals surface area (Å²) in [7, 11) is 0. The predicted octanol–water partition coefficient (Wildman–Crippen LogP) is 2.54. The number of rotatable bonds is 6. The number of hydrogen-bond donors (Lipinski definition) is 1. The van der Waals surface area contributed by atoms with Gasteiger partial charge < -0.3 is 5.73 Å². The highest BCUT2D eigenvalue weighted by atomic mass is 15.2. The van der Waals surface area contributed by atoms with Gasteiger partial charge in [-0.3, -0.25) is 4.90 Å². The molecular weight excluding hydrogens is 184 g/mol. The van der Waals surface area contributed by atoms with E-state index in [1.165, 1.54) is 25.9 Å². The molecule has 1 rings (SSSR count). The molecule has 0 aliphatic carbocycles. The summed E-state index contributed by atoms with van der Waals surface area (Å²) in [4.78, 5) is 2.61. The first-order valence-electron chi connectivity index (χ1n) is 6.32. The van der Waals surface area contributed by atoms with E-state index in [1.54, 1.807) is 0 Å². The lowest BCUT2D eigenvalue weighted by Gasteiger charge is -2.45. The molecule has 0 aromatic carbocycles. The minimum atomic E-state index is 0.213. The highest BCUT2D eigenvalue weighted by Crippen LogP contribution is 2.31. The third-order valence-corrected chi connectivity index (χ3v) is 4.07. The molecule has 1 aliphatic rings. The SMILES string of the molecule is C=CCC(N)C(CC)(CC)N1CCCC1. The van der Waals surface area contributed by atoms with E-state index in [0.717, 1.165) is 19.3 Å². The van der Waals surface area contributed by atoms with Gasteiger partial charge in [-0.25, -0.2) is 0 Å². The molecule has 1 atom stereocenters. The van der Waals surface area contributed by atoms with E-state index >= 15 is 0 Å². The van der Waals surface area contributed by atoms with Crippen molar-refractivity contribution in [2.45, 2.75) is 57.5 Å². The van der Waals surface area contributed by atoms with Crippen LogP contribution in [-0.2, 0) is 0 Å². The van der Waals surface area contributed by atoms with Gasteiger partial charge in [0.1, 0.15) is 0 Å². The van der Waals surface area contributed by atoms with E-state index in [9.17, 15) is 0 Å². The summed E-state index contributed by atoms with van der Waals surface area (Å²) in [5.41, 5.74) is 6.56.